The number of ether oxygens (including phenoxy) is 1. The zero-order chi connectivity index (χ0) is 18.1. The third-order valence-corrected chi connectivity index (χ3v) is 5.36. The van der Waals surface area contributed by atoms with Gasteiger partial charge in [-0.15, -0.1) is 0 Å². The van der Waals surface area contributed by atoms with Crippen LogP contribution in [0.4, 0.5) is 0 Å². The molecule has 3 N–H and O–H groups in total. The lowest BCUT2D eigenvalue weighted by molar-refractivity contribution is 0.0968. The largest absolute Gasteiger partial charge is 0.391 e. The fraction of sp³-hybridized carbons (Fsp3) is 0.818. The first-order valence-corrected chi connectivity index (χ1v) is 11.0. The van der Waals surface area contributed by atoms with Gasteiger partial charge in [-0.05, 0) is 77.0 Å². The van der Waals surface area contributed by atoms with Crippen LogP contribution in [0.2, 0.25) is 0 Å². The predicted molar refractivity (Wildman–Crippen MR) is 111 cm³/mol. The highest BCUT2D eigenvalue weighted by Gasteiger charge is 2.26. The summed E-state index contributed by atoms with van der Waals surface area (Å²) in [6.07, 6.45) is 23.5. The molecule has 150 valence electrons. The van der Waals surface area contributed by atoms with E-state index in [4.69, 9.17) is 4.74 Å². The Bertz CT molecular complexity index is 320. The molecule has 0 aliphatic carbocycles. The summed E-state index contributed by atoms with van der Waals surface area (Å²) < 4.78 is 5.07. The highest BCUT2D eigenvalue weighted by atomic mass is 16.5. The van der Waals surface area contributed by atoms with Crippen molar-refractivity contribution in [1.29, 1.82) is 0 Å². The topological polar surface area (TPSA) is 45.3 Å². The number of fused-ring (bicyclic) bond motifs is 2. The lowest BCUT2D eigenvalue weighted by Gasteiger charge is -2.19. The molecule has 0 radical (unpaired) electrons. The Kier molecular flexibility index (Phi) is 12.6. The van der Waals surface area contributed by atoms with Crippen molar-refractivity contribution in [3.63, 3.8) is 0 Å². The molecule has 0 spiro atoms. The molecule has 5 aliphatic heterocycles. The minimum atomic E-state index is 0.911. The van der Waals surface area contributed by atoms with Crippen LogP contribution >= 0.6 is 0 Å². The minimum Gasteiger partial charge on any atom is -0.391 e. The molecule has 5 aliphatic rings. The Morgan fingerprint density at radius 1 is 0.692 bits per heavy atom. The first kappa shape index (κ1) is 21.5. The zero-order valence-corrected chi connectivity index (χ0v) is 16.7. The van der Waals surface area contributed by atoms with Crippen LogP contribution in [0, 0.1) is 0 Å². The third-order valence-electron chi connectivity index (χ3n) is 5.36. The van der Waals surface area contributed by atoms with Crippen molar-refractivity contribution >= 4 is 0 Å². The highest BCUT2D eigenvalue weighted by Crippen LogP contribution is 2.25. The zero-order valence-electron chi connectivity index (χ0n) is 16.7. The monoisotopic (exact) mass is 363 g/mol. The van der Waals surface area contributed by atoms with Crippen LogP contribution in [0.5, 0.6) is 0 Å². The summed E-state index contributed by atoms with van der Waals surface area (Å²) in [5.41, 5.74) is 0. The van der Waals surface area contributed by atoms with Crippen molar-refractivity contribution in [2.24, 2.45) is 0 Å². The van der Waals surface area contributed by atoms with E-state index in [9.17, 15) is 0 Å². The van der Waals surface area contributed by atoms with Crippen molar-refractivity contribution in [3.8, 4) is 0 Å². The van der Waals surface area contributed by atoms with Crippen molar-refractivity contribution in [2.45, 2.75) is 82.7 Å². The molecule has 2 unspecified atom stereocenters. The van der Waals surface area contributed by atoms with E-state index >= 15 is 0 Å². The van der Waals surface area contributed by atoms with Gasteiger partial charge in [-0.25, -0.2) is 0 Å². The van der Waals surface area contributed by atoms with Crippen LogP contribution in [0.1, 0.15) is 70.6 Å². The average molecular weight is 364 g/mol. The molecule has 0 amide bonds. The highest BCUT2D eigenvalue weighted by molar-refractivity contribution is 4.88. The maximum Gasteiger partial charge on any atom is 0.0466 e. The standard InChI is InChI=1S/C7H13N.2C5H9N.C5H10O/c1-2-6-4-5-7(3-1)8-6;3*1-2-4-6-5-3-1/h6-8H,1-5H2;2,4,6H,1,3,5H2;1-2,6H,3-5H2;1-5H2. The Morgan fingerprint density at radius 3 is 1.77 bits per heavy atom. The summed E-state index contributed by atoms with van der Waals surface area (Å²) in [7, 11) is 0. The number of allylic oxidation sites excluding steroid dienone is 1. The molecule has 5 rings (SSSR count). The van der Waals surface area contributed by atoms with Gasteiger partial charge in [-0.1, -0.05) is 24.6 Å². The molecule has 3 fully saturated rings. The SMILES string of the molecule is C1=CCNCC1.C1=CNCCC1.C1CC2CCC(C1)N2.C1CCOCC1. The van der Waals surface area contributed by atoms with E-state index in [1.165, 1.54) is 70.6 Å². The van der Waals surface area contributed by atoms with E-state index in [-0.39, 0.29) is 0 Å². The molecule has 4 nitrogen and oxygen atoms in total. The first-order chi connectivity index (χ1) is 12.9. The summed E-state index contributed by atoms with van der Waals surface area (Å²) in [6, 6.07) is 1.82. The number of hydrogen-bond acceptors (Lipinski definition) is 4. The molecule has 0 aromatic rings. The molecule has 4 heteroatoms. The van der Waals surface area contributed by atoms with Gasteiger partial charge in [-0.3, -0.25) is 0 Å². The minimum absolute atomic E-state index is 0.911. The number of hydrogen-bond donors (Lipinski definition) is 3. The fourth-order valence-electron chi connectivity index (χ4n) is 3.80. The molecule has 0 aromatic heterocycles. The maximum atomic E-state index is 5.07. The van der Waals surface area contributed by atoms with Crippen LogP contribution < -0.4 is 16.0 Å². The van der Waals surface area contributed by atoms with E-state index in [0.29, 0.717) is 0 Å². The Hall–Kier alpha value is -0.840. The van der Waals surface area contributed by atoms with Crippen molar-refractivity contribution < 1.29 is 4.74 Å². The van der Waals surface area contributed by atoms with E-state index in [1.54, 1.807) is 0 Å². The van der Waals surface area contributed by atoms with E-state index in [2.05, 4.69) is 34.2 Å². The second kappa shape index (κ2) is 15.2. The van der Waals surface area contributed by atoms with E-state index in [1.807, 2.05) is 6.20 Å². The van der Waals surface area contributed by atoms with Crippen LogP contribution in [0.25, 0.3) is 0 Å². The molecule has 26 heavy (non-hydrogen) atoms. The number of piperidine rings is 1. The Morgan fingerprint density at radius 2 is 1.50 bits per heavy atom. The molecule has 0 aromatic carbocycles. The second-order valence-electron chi connectivity index (χ2n) is 7.70. The molecule has 2 atom stereocenters. The van der Waals surface area contributed by atoms with Crippen molar-refractivity contribution in [3.05, 3.63) is 24.4 Å². The Labute approximate surface area is 161 Å². The maximum absolute atomic E-state index is 5.07. The first-order valence-electron chi connectivity index (χ1n) is 11.0. The van der Waals surface area contributed by atoms with Gasteiger partial charge in [-0.2, -0.15) is 0 Å². The summed E-state index contributed by atoms with van der Waals surface area (Å²) in [5, 5.41) is 9.89. The third kappa shape index (κ3) is 11.0. The van der Waals surface area contributed by atoms with Gasteiger partial charge >= 0.3 is 0 Å². The van der Waals surface area contributed by atoms with Crippen LogP contribution in [-0.4, -0.2) is 44.9 Å². The van der Waals surface area contributed by atoms with Gasteiger partial charge in [0.05, 0.1) is 0 Å². The number of rotatable bonds is 0. The molecule has 2 bridgehead atoms. The number of nitrogens with one attached hydrogen (secondary N) is 3. The van der Waals surface area contributed by atoms with Gasteiger partial charge in [0.15, 0.2) is 0 Å². The molecular weight excluding hydrogens is 322 g/mol. The predicted octanol–water partition coefficient (Wildman–Crippen LogP) is 3.90. The Balaban J connectivity index is 0.000000126. The molecular formula is C22H41N3O. The summed E-state index contributed by atoms with van der Waals surface area (Å²) >= 11 is 0. The van der Waals surface area contributed by atoms with E-state index in [0.717, 1.165) is 44.9 Å². The molecule has 0 saturated carbocycles. The van der Waals surface area contributed by atoms with Gasteiger partial charge in [0.25, 0.3) is 0 Å². The fourth-order valence-corrected chi connectivity index (χ4v) is 3.80. The normalized spacial score (nSPS) is 28.9. The quantitative estimate of drug-likeness (QED) is 0.571. The molecule has 5 heterocycles. The van der Waals surface area contributed by atoms with Crippen LogP contribution in [0.3, 0.4) is 0 Å². The van der Waals surface area contributed by atoms with Gasteiger partial charge < -0.3 is 20.7 Å². The van der Waals surface area contributed by atoms with Crippen LogP contribution in [0.15, 0.2) is 24.4 Å². The summed E-state index contributed by atoms with van der Waals surface area (Å²) in [6.45, 7) is 5.40. The summed E-state index contributed by atoms with van der Waals surface area (Å²) in [4.78, 5) is 0. The molecule has 3 saturated heterocycles. The van der Waals surface area contributed by atoms with E-state index < -0.39 is 0 Å². The summed E-state index contributed by atoms with van der Waals surface area (Å²) in [5.74, 6) is 0. The van der Waals surface area contributed by atoms with Gasteiger partial charge in [0, 0.05) is 38.4 Å². The smallest absolute Gasteiger partial charge is 0.0466 e. The van der Waals surface area contributed by atoms with Gasteiger partial charge in [0.1, 0.15) is 0 Å². The van der Waals surface area contributed by atoms with Gasteiger partial charge in [0.2, 0.25) is 0 Å². The van der Waals surface area contributed by atoms with Crippen molar-refractivity contribution in [2.75, 3.05) is 32.8 Å². The second-order valence-corrected chi connectivity index (χ2v) is 7.70. The lowest BCUT2D eigenvalue weighted by atomic mass is 10.1. The lowest BCUT2D eigenvalue weighted by Crippen LogP contribution is -2.33. The van der Waals surface area contributed by atoms with Crippen LogP contribution in [-0.2, 0) is 4.74 Å². The van der Waals surface area contributed by atoms with Crippen molar-refractivity contribution in [1.82, 2.24) is 16.0 Å². The average Bonchev–Trinajstić information content (AvgIpc) is 3.10.